The van der Waals surface area contributed by atoms with Crippen LogP contribution in [0.15, 0.2) is 23.2 Å². The lowest BCUT2D eigenvalue weighted by molar-refractivity contribution is -0.122. The number of hydrogen-bond acceptors (Lipinski definition) is 2. The van der Waals surface area contributed by atoms with Gasteiger partial charge in [-0.3, -0.25) is 9.79 Å². The number of halogens is 2. The molecule has 24 heavy (non-hydrogen) atoms. The number of amides is 1. The van der Waals surface area contributed by atoms with E-state index in [-0.39, 0.29) is 11.8 Å². The lowest BCUT2D eigenvalue weighted by atomic mass is 10.2. The molecule has 0 heterocycles. The molecule has 132 valence electrons. The Morgan fingerprint density at radius 1 is 1.29 bits per heavy atom. The maximum Gasteiger partial charge on any atom is 0.223 e. The molecule has 2 rings (SSSR count). The average Bonchev–Trinajstić information content (AvgIpc) is 3.38. The highest BCUT2D eigenvalue weighted by atomic mass is 35.5. The van der Waals surface area contributed by atoms with Gasteiger partial charge in [0.2, 0.25) is 5.91 Å². The molecule has 0 aromatic heterocycles. The summed E-state index contributed by atoms with van der Waals surface area (Å²) >= 11 is 12.0. The summed E-state index contributed by atoms with van der Waals surface area (Å²) in [6.07, 6.45) is 2.04. The second-order valence-corrected chi connectivity index (χ2v) is 6.72. The van der Waals surface area contributed by atoms with Crippen molar-refractivity contribution in [2.24, 2.45) is 10.9 Å². The summed E-state index contributed by atoms with van der Waals surface area (Å²) in [5, 5.41) is 7.28. The predicted octanol–water partition coefficient (Wildman–Crippen LogP) is 2.92. The average molecular weight is 371 g/mol. The van der Waals surface area contributed by atoms with Gasteiger partial charge in [0.25, 0.3) is 0 Å². The minimum atomic E-state index is 0.152. The zero-order chi connectivity index (χ0) is 17.5. The third-order valence-electron chi connectivity index (χ3n) is 3.72. The summed E-state index contributed by atoms with van der Waals surface area (Å²) < 4.78 is 0. The number of aliphatic imine (C=N–C) groups is 1. The van der Waals surface area contributed by atoms with Crippen molar-refractivity contribution in [2.75, 3.05) is 26.7 Å². The first-order chi connectivity index (χ1) is 11.5. The molecular formula is C17H24Cl2N4O. The van der Waals surface area contributed by atoms with Crippen LogP contribution in [0.2, 0.25) is 10.0 Å². The Hall–Kier alpha value is -1.46. The number of nitrogens with one attached hydrogen (secondary N) is 2. The monoisotopic (exact) mass is 370 g/mol. The molecule has 1 saturated carbocycles. The number of rotatable bonds is 7. The second kappa shape index (κ2) is 9.14. The Morgan fingerprint density at radius 3 is 2.67 bits per heavy atom. The Morgan fingerprint density at radius 2 is 2.04 bits per heavy atom. The van der Waals surface area contributed by atoms with Gasteiger partial charge in [0.05, 0.1) is 16.6 Å². The Labute approximate surface area is 153 Å². The lowest BCUT2D eigenvalue weighted by Gasteiger charge is -2.22. The summed E-state index contributed by atoms with van der Waals surface area (Å²) in [6.45, 7) is 4.57. The minimum Gasteiger partial charge on any atom is -0.357 e. The third-order valence-corrected chi connectivity index (χ3v) is 4.46. The molecule has 1 aromatic carbocycles. The van der Waals surface area contributed by atoms with Gasteiger partial charge in [0.15, 0.2) is 5.96 Å². The first kappa shape index (κ1) is 18.9. The normalized spacial score (nSPS) is 14.4. The number of hydrogen-bond donors (Lipinski definition) is 2. The van der Waals surface area contributed by atoms with Crippen molar-refractivity contribution in [3.8, 4) is 0 Å². The van der Waals surface area contributed by atoms with E-state index in [9.17, 15) is 4.79 Å². The van der Waals surface area contributed by atoms with E-state index in [2.05, 4.69) is 15.6 Å². The Bertz CT molecular complexity index is 602. The topological polar surface area (TPSA) is 56.7 Å². The van der Waals surface area contributed by atoms with Gasteiger partial charge in [-0.25, -0.2) is 0 Å². The molecule has 0 unspecified atom stereocenters. The van der Waals surface area contributed by atoms with Crippen molar-refractivity contribution in [3.63, 3.8) is 0 Å². The van der Waals surface area contributed by atoms with Crippen LogP contribution in [-0.2, 0) is 11.3 Å². The van der Waals surface area contributed by atoms with Gasteiger partial charge in [-0.1, -0.05) is 29.3 Å². The summed E-state index contributed by atoms with van der Waals surface area (Å²) in [5.74, 6) is 1.18. The highest BCUT2D eigenvalue weighted by Gasteiger charge is 2.28. The zero-order valence-corrected chi connectivity index (χ0v) is 15.6. The van der Waals surface area contributed by atoms with Crippen LogP contribution in [0.3, 0.4) is 0 Å². The van der Waals surface area contributed by atoms with Crippen molar-refractivity contribution >= 4 is 35.1 Å². The highest BCUT2D eigenvalue weighted by Crippen LogP contribution is 2.28. The van der Waals surface area contributed by atoms with Gasteiger partial charge < -0.3 is 15.5 Å². The van der Waals surface area contributed by atoms with Gasteiger partial charge in [-0.2, -0.15) is 0 Å². The molecule has 0 aliphatic heterocycles. The van der Waals surface area contributed by atoms with Crippen molar-refractivity contribution in [1.29, 1.82) is 0 Å². The van der Waals surface area contributed by atoms with Crippen LogP contribution in [0.5, 0.6) is 0 Å². The first-order valence-electron chi connectivity index (χ1n) is 8.22. The summed E-state index contributed by atoms with van der Waals surface area (Å²) in [4.78, 5) is 18.2. The number of guanidine groups is 1. The molecule has 0 spiro atoms. The van der Waals surface area contributed by atoms with E-state index in [1.54, 1.807) is 6.07 Å². The Kier molecular flexibility index (Phi) is 7.18. The molecule has 1 aliphatic carbocycles. The number of carbonyl (C=O) groups excluding carboxylic acids is 1. The summed E-state index contributed by atoms with van der Waals surface area (Å²) in [7, 11) is 1.97. The summed E-state index contributed by atoms with van der Waals surface area (Å²) in [5.41, 5.74) is 1.06. The van der Waals surface area contributed by atoms with Gasteiger partial charge in [-0.05, 0) is 37.5 Å². The van der Waals surface area contributed by atoms with Crippen LogP contribution in [0.4, 0.5) is 0 Å². The van der Waals surface area contributed by atoms with E-state index < -0.39 is 0 Å². The fraction of sp³-hybridized carbons (Fsp3) is 0.529. The van der Waals surface area contributed by atoms with E-state index >= 15 is 0 Å². The highest BCUT2D eigenvalue weighted by molar-refractivity contribution is 6.42. The summed E-state index contributed by atoms with van der Waals surface area (Å²) in [6, 6.07) is 5.61. The lowest BCUT2D eigenvalue weighted by Crippen LogP contribution is -2.39. The number of benzene rings is 1. The molecule has 1 aromatic rings. The standard InChI is InChI=1S/C17H24Cl2N4O/c1-3-20-17(22-9-8-21-16(24)13-5-6-13)23(2)11-12-4-7-14(18)15(19)10-12/h4,7,10,13H,3,5-6,8-9,11H2,1-2H3,(H,20,22)(H,21,24). The third kappa shape index (κ3) is 5.87. The van der Waals surface area contributed by atoms with E-state index in [1.807, 2.05) is 31.0 Å². The van der Waals surface area contributed by atoms with Crippen LogP contribution in [0.25, 0.3) is 0 Å². The fourth-order valence-corrected chi connectivity index (χ4v) is 2.61. The van der Waals surface area contributed by atoms with Crippen LogP contribution in [-0.4, -0.2) is 43.4 Å². The molecule has 1 amide bonds. The second-order valence-electron chi connectivity index (χ2n) is 5.91. The predicted molar refractivity (Wildman–Crippen MR) is 99.6 cm³/mol. The van der Waals surface area contributed by atoms with E-state index in [1.165, 1.54) is 0 Å². The molecule has 7 heteroatoms. The van der Waals surface area contributed by atoms with Gasteiger partial charge in [-0.15, -0.1) is 0 Å². The van der Waals surface area contributed by atoms with Crippen molar-refractivity contribution < 1.29 is 4.79 Å². The molecule has 1 fully saturated rings. The van der Waals surface area contributed by atoms with E-state index in [4.69, 9.17) is 23.2 Å². The molecular weight excluding hydrogens is 347 g/mol. The van der Waals surface area contributed by atoms with E-state index in [0.29, 0.717) is 29.7 Å². The largest absolute Gasteiger partial charge is 0.357 e. The molecule has 2 N–H and O–H groups in total. The Balaban J connectivity index is 1.87. The number of carbonyl (C=O) groups is 1. The van der Waals surface area contributed by atoms with Crippen molar-refractivity contribution in [1.82, 2.24) is 15.5 Å². The first-order valence-corrected chi connectivity index (χ1v) is 8.98. The fourth-order valence-electron chi connectivity index (χ4n) is 2.29. The van der Waals surface area contributed by atoms with Crippen LogP contribution in [0, 0.1) is 5.92 Å². The van der Waals surface area contributed by atoms with Crippen molar-refractivity contribution in [2.45, 2.75) is 26.3 Å². The maximum atomic E-state index is 11.6. The minimum absolute atomic E-state index is 0.152. The molecule has 1 aliphatic rings. The SMILES string of the molecule is CCNC(=NCCNC(=O)C1CC1)N(C)Cc1ccc(Cl)c(Cl)c1. The van der Waals surface area contributed by atoms with Crippen molar-refractivity contribution in [3.05, 3.63) is 33.8 Å². The molecule has 0 bridgehead atoms. The zero-order valence-electron chi connectivity index (χ0n) is 14.1. The molecule has 0 saturated heterocycles. The van der Waals surface area contributed by atoms with Crippen LogP contribution >= 0.6 is 23.2 Å². The van der Waals surface area contributed by atoms with Gasteiger partial charge in [0.1, 0.15) is 0 Å². The molecule has 0 atom stereocenters. The van der Waals surface area contributed by atoms with E-state index in [0.717, 1.165) is 30.9 Å². The van der Waals surface area contributed by atoms with Gasteiger partial charge in [0, 0.05) is 32.6 Å². The molecule has 5 nitrogen and oxygen atoms in total. The smallest absolute Gasteiger partial charge is 0.223 e. The van der Waals surface area contributed by atoms with Crippen LogP contribution < -0.4 is 10.6 Å². The maximum absolute atomic E-state index is 11.6. The molecule has 0 radical (unpaired) electrons. The number of nitrogens with zero attached hydrogens (tertiary/aromatic N) is 2. The van der Waals surface area contributed by atoms with Crippen LogP contribution in [0.1, 0.15) is 25.3 Å². The van der Waals surface area contributed by atoms with Gasteiger partial charge >= 0.3 is 0 Å². The quantitative estimate of drug-likeness (QED) is 0.440.